The Morgan fingerprint density at radius 3 is 2.72 bits per heavy atom. The lowest BCUT2D eigenvalue weighted by molar-refractivity contribution is 0.0702. The zero-order valence-corrected chi connectivity index (χ0v) is 16.1. The van der Waals surface area contributed by atoms with Gasteiger partial charge in [0.05, 0.1) is 17.8 Å². The molecule has 2 aromatic heterocycles. The normalized spacial score (nSPS) is 15.3. The molecule has 1 aliphatic heterocycles. The second kappa shape index (κ2) is 7.38. The molecular formula is C16H21BrN6O2. The van der Waals surface area contributed by atoms with Crippen LogP contribution in [0.2, 0.25) is 0 Å². The number of rotatable bonds is 4. The summed E-state index contributed by atoms with van der Waals surface area (Å²) in [5.41, 5.74) is 0.480. The van der Waals surface area contributed by atoms with Crippen LogP contribution in [0.3, 0.4) is 0 Å². The molecule has 0 bridgehead atoms. The Morgan fingerprint density at radius 2 is 2.12 bits per heavy atom. The van der Waals surface area contributed by atoms with Crippen LogP contribution in [0.4, 0.5) is 5.95 Å². The Bertz CT molecular complexity index is 757. The molecule has 0 atom stereocenters. The van der Waals surface area contributed by atoms with Crippen LogP contribution in [0.15, 0.2) is 22.9 Å². The van der Waals surface area contributed by atoms with Crippen molar-refractivity contribution in [2.24, 2.45) is 7.05 Å². The first kappa shape index (κ1) is 17.7. The van der Waals surface area contributed by atoms with Gasteiger partial charge >= 0.3 is 0 Å². The third-order valence-corrected chi connectivity index (χ3v) is 4.98. The van der Waals surface area contributed by atoms with Gasteiger partial charge in [-0.2, -0.15) is 10.1 Å². The van der Waals surface area contributed by atoms with E-state index in [1.165, 1.54) is 0 Å². The number of methoxy groups -OCH3 is 1. The topological polar surface area (TPSA) is 76.4 Å². The molecule has 0 aromatic carbocycles. The fraction of sp³-hybridized carbons (Fsp3) is 0.500. The lowest BCUT2D eigenvalue weighted by atomic mass is 10.0. The van der Waals surface area contributed by atoms with E-state index in [4.69, 9.17) is 4.74 Å². The summed E-state index contributed by atoms with van der Waals surface area (Å²) in [5, 5.41) is 4.19. The monoisotopic (exact) mass is 408 g/mol. The van der Waals surface area contributed by atoms with Gasteiger partial charge in [-0.3, -0.25) is 9.48 Å². The number of piperidine rings is 1. The minimum Gasteiger partial charge on any atom is -0.480 e. The molecule has 9 heteroatoms. The zero-order valence-electron chi connectivity index (χ0n) is 14.5. The van der Waals surface area contributed by atoms with Gasteiger partial charge in [0.15, 0.2) is 0 Å². The van der Waals surface area contributed by atoms with Crippen LogP contribution in [0.1, 0.15) is 23.3 Å². The van der Waals surface area contributed by atoms with Crippen molar-refractivity contribution in [2.75, 3.05) is 32.1 Å². The molecule has 8 nitrogen and oxygen atoms in total. The van der Waals surface area contributed by atoms with Crippen LogP contribution in [0.25, 0.3) is 0 Å². The fourth-order valence-corrected chi connectivity index (χ4v) is 3.32. The van der Waals surface area contributed by atoms with Crippen molar-refractivity contribution in [1.82, 2.24) is 24.6 Å². The van der Waals surface area contributed by atoms with Gasteiger partial charge < -0.3 is 14.5 Å². The van der Waals surface area contributed by atoms with Crippen molar-refractivity contribution >= 4 is 27.8 Å². The highest BCUT2D eigenvalue weighted by molar-refractivity contribution is 9.10. The molecule has 3 heterocycles. The summed E-state index contributed by atoms with van der Waals surface area (Å²) in [5.74, 6) is 1.13. The Morgan fingerprint density at radius 1 is 1.40 bits per heavy atom. The van der Waals surface area contributed by atoms with Crippen LogP contribution >= 0.6 is 15.9 Å². The third-order valence-electron chi connectivity index (χ3n) is 4.44. The van der Waals surface area contributed by atoms with Gasteiger partial charge in [0.25, 0.3) is 5.91 Å². The maximum absolute atomic E-state index is 12.5. The highest BCUT2D eigenvalue weighted by atomic mass is 79.9. The van der Waals surface area contributed by atoms with Gasteiger partial charge in [0.2, 0.25) is 11.8 Å². The summed E-state index contributed by atoms with van der Waals surface area (Å²) in [4.78, 5) is 25.2. The van der Waals surface area contributed by atoms with E-state index >= 15 is 0 Å². The molecule has 0 radical (unpaired) electrons. The van der Waals surface area contributed by atoms with Gasteiger partial charge in [-0.25, -0.2) is 4.98 Å². The van der Waals surface area contributed by atoms with E-state index in [1.807, 2.05) is 14.1 Å². The van der Waals surface area contributed by atoms with E-state index in [9.17, 15) is 4.79 Å². The highest BCUT2D eigenvalue weighted by Gasteiger charge is 2.28. The molecule has 1 aliphatic rings. The molecule has 1 saturated heterocycles. The third kappa shape index (κ3) is 3.76. The van der Waals surface area contributed by atoms with E-state index < -0.39 is 0 Å². The summed E-state index contributed by atoms with van der Waals surface area (Å²) in [7, 11) is 5.24. The zero-order chi connectivity index (χ0) is 18.0. The number of anilines is 1. The van der Waals surface area contributed by atoms with Crippen molar-refractivity contribution in [2.45, 2.75) is 18.9 Å². The predicted molar refractivity (Wildman–Crippen MR) is 96.8 cm³/mol. The van der Waals surface area contributed by atoms with E-state index in [1.54, 1.807) is 35.2 Å². The quantitative estimate of drug-likeness (QED) is 0.766. The SMILES string of the molecule is COc1nc(N2CCC(N(C)C(=O)c3ccn(C)n3)CC2)ncc1Br. The van der Waals surface area contributed by atoms with E-state index in [0.717, 1.165) is 30.4 Å². The van der Waals surface area contributed by atoms with Gasteiger partial charge in [0, 0.05) is 39.4 Å². The number of carbonyl (C=O) groups is 1. The maximum Gasteiger partial charge on any atom is 0.274 e. The van der Waals surface area contributed by atoms with Gasteiger partial charge in [0.1, 0.15) is 5.69 Å². The summed E-state index contributed by atoms with van der Waals surface area (Å²) < 4.78 is 7.60. The summed E-state index contributed by atoms with van der Waals surface area (Å²) in [6.45, 7) is 1.57. The predicted octanol–water partition coefficient (Wildman–Crippen LogP) is 1.72. The van der Waals surface area contributed by atoms with Crippen molar-refractivity contribution in [3.8, 4) is 5.88 Å². The smallest absolute Gasteiger partial charge is 0.274 e. The number of halogens is 1. The minimum atomic E-state index is -0.0411. The minimum absolute atomic E-state index is 0.0411. The van der Waals surface area contributed by atoms with E-state index in [2.05, 4.69) is 35.9 Å². The number of hydrogen-bond acceptors (Lipinski definition) is 6. The average Bonchev–Trinajstić information content (AvgIpc) is 3.07. The molecule has 1 fully saturated rings. The molecular weight excluding hydrogens is 388 g/mol. The van der Waals surface area contributed by atoms with Crippen LogP contribution < -0.4 is 9.64 Å². The number of hydrogen-bond donors (Lipinski definition) is 0. The number of aryl methyl sites for hydroxylation is 1. The summed E-state index contributed by atoms with van der Waals surface area (Å²) in [6, 6.07) is 1.93. The molecule has 3 rings (SSSR count). The van der Waals surface area contributed by atoms with Crippen molar-refractivity contribution in [3.63, 3.8) is 0 Å². The Labute approximate surface area is 154 Å². The molecule has 2 aromatic rings. The van der Waals surface area contributed by atoms with Crippen LogP contribution in [0.5, 0.6) is 5.88 Å². The van der Waals surface area contributed by atoms with E-state index in [-0.39, 0.29) is 11.9 Å². The molecule has 1 amide bonds. The van der Waals surface area contributed by atoms with Crippen LogP contribution in [0, 0.1) is 0 Å². The van der Waals surface area contributed by atoms with Gasteiger partial charge in [-0.1, -0.05) is 0 Å². The van der Waals surface area contributed by atoms with Crippen molar-refractivity contribution < 1.29 is 9.53 Å². The summed E-state index contributed by atoms with van der Waals surface area (Å²) in [6.07, 6.45) is 5.19. The average molecular weight is 409 g/mol. The van der Waals surface area contributed by atoms with Crippen LogP contribution in [-0.4, -0.2) is 63.8 Å². The molecule has 0 aliphatic carbocycles. The largest absolute Gasteiger partial charge is 0.480 e. The first-order valence-electron chi connectivity index (χ1n) is 8.08. The second-order valence-corrected chi connectivity index (χ2v) is 6.89. The van der Waals surface area contributed by atoms with Crippen molar-refractivity contribution in [3.05, 3.63) is 28.6 Å². The fourth-order valence-electron chi connectivity index (χ4n) is 2.97. The maximum atomic E-state index is 12.5. The van der Waals surface area contributed by atoms with Crippen molar-refractivity contribution in [1.29, 1.82) is 0 Å². The standard InChI is InChI=1S/C16H21BrN6O2/c1-21-7-6-13(20-21)15(24)22(2)11-4-8-23(9-5-11)16-18-10-12(17)14(19-16)25-3/h6-7,10-11H,4-5,8-9H2,1-3H3. The molecule has 0 unspecified atom stereocenters. The first-order chi connectivity index (χ1) is 12.0. The molecule has 134 valence electrons. The summed E-state index contributed by atoms with van der Waals surface area (Å²) >= 11 is 3.36. The Hall–Kier alpha value is -2.16. The van der Waals surface area contributed by atoms with Gasteiger partial charge in [-0.15, -0.1) is 0 Å². The molecule has 0 N–H and O–H groups in total. The lowest BCUT2D eigenvalue weighted by Crippen LogP contribution is -2.46. The Kier molecular flexibility index (Phi) is 5.22. The number of ether oxygens (including phenoxy) is 1. The number of carbonyl (C=O) groups excluding carboxylic acids is 1. The molecule has 25 heavy (non-hydrogen) atoms. The van der Waals surface area contributed by atoms with E-state index in [0.29, 0.717) is 17.5 Å². The molecule has 0 spiro atoms. The number of amides is 1. The lowest BCUT2D eigenvalue weighted by Gasteiger charge is -2.36. The second-order valence-electron chi connectivity index (χ2n) is 6.04. The Balaban J connectivity index is 1.62. The number of aromatic nitrogens is 4. The number of nitrogens with zero attached hydrogens (tertiary/aromatic N) is 6. The highest BCUT2D eigenvalue weighted by Crippen LogP contribution is 2.26. The van der Waals surface area contributed by atoms with Crippen LogP contribution in [-0.2, 0) is 7.05 Å². The first-order valence-corrected chi connectivity index (χ1v) is 8.87. The molecule has 0 saturated carbocycles. The van der Waals surface area contributed by atoms with Gasteiger partial charge in [-0.05, 0) is 34.8 Å².